The van der Waals surface area contributed by atoms with Gasteiger partial charge in [-0.1, -0.05) is 0 Å². The molecule has 116 valence electrons. The third-order valence-electron chi connectivity index (χ3n) is 3.32. The minimum absolute atomic E-state index is 0.0359. The number of hydrogen-bond donors (Lipinski definition) is 1. The van der Waals surface area contributed by atoms with E-state index in [1.807, 2.05) is 25.7 Å². The van der Waals surface area contributed by atoms with Crippen molar-refractivity contribution in [1.82, 2.24) is 0 Å². The van der Waals surface area contributed by atoms with Crippen molar-refractivity contribution in [2.75, 3.05) is 18.0 Å². The first-order valence-electron chi connectivity index (χ1n) is 7.17. The minimum atomic E-state index is -0.509. The van der Waals surface area contributed by atoms with Gasteiger partial charge < -0.3 is 14.7 Å². The molecule has 1 atom stereocenters. The van der Waals surface area contributed by atoms with Gasteiger partial charge in [0.2, 0.25) is 0 Å². The summed E-state index contributed by atoms with van der Waals surface area (Å²) < 4.78 is 5.72. The van der Waals surface area contributed by atoms with Crippen molar-refractivity contribution < 1.29 is 14.8 Å². The quantitative estimate of drug-likeness (QED) is 0.685. The van der Waals surface area contributed by atoms with Crippen molar-refractivity contribution in [3.63, 3.8) is 0 Å². The van der Waals surface area contributed by atoms with Crippen LogP contribution in [0.4, 0.5) is 11.4 Å². The van der Waals surface area contributed by atoms with E-state index in [-0.39, 0.29) is 17.5 Å². The number of aliphatic hydroxyl groups excluding tert-OH is 1. The second-order valence-corrected chi connectivity index (χ2v) is 6.37. The lowest BCUT2D eigenvalue weighted by molar-refractivity contribution is -0.386. The van der Waals surface area contributed by atoms with Gasteiger partial charge in [0.05, 0.1) is 11.0 Å². The Morgan fingerprint density at radius 2 is 2.14 bits per heavy atom. The zero-order chi connectivity index (χ0) is 15.6. The van der Waals surface area contributed by atoms with Crippen LogP contribution in [0.3, 0.4) is 0 Å². The number of anilines is 1. The maximum Gasteiger partial charge on any atom is 0.311 e. The Morgan fingerprint density at radius 1 is 1.43 bits per heavy atom. The van der Waals surface area contributed by atoms with Gasteiger partial charge in [0.25, 0.3) is 0 Å². The molecule has 1 fully saturated rings. The first-order chi connectivity index (χ1) is 9.76. The predicted octanol–water partition coefficient (Wildman–Crippen LogP) is 2.73. The van der Waals surface area contributed by atoms with Gasteiger partial charge in [-0.25, -0.2) is 0 Å². The summed E-state index contributed by atoms with van der Waals surface area (Å²) in [6.45, 7) is 6.95. The number of nitro groups is 1. The summed E-state index contributed by atoms with van der Waals surface area (Å²) in [5.41, 5.74) is 0.301. The monoisotopic (exact) mass is 294 g/mol. The van der Waals surface area contributed by atoms with Crippen molar-refractivity contribution in [3.8, 4) is 5.75 Å². The molecule has 0 aliphatic carbocycles. The van der Waals surface area contributed by atoms with Crippen LogP contribution in [0.15, 0.2) is 18.2 Å². The fourth-order valence-electron chi connectivity index (χ4n) is 2.45. The summed E-state index contributed by atoms with van der Waals surface area (Å²) >= 11 is 0. The molecule has 1 aliphatic rings. The Kier molecular flexibility index (Phi) is 4.37. The molecule has 1 aromatic carbocycles. The maximum absolute atomic E-state index is 11.1. The Bertz CT molecular complexity index is 525. The molecule has 6 nitrogen and oxygen atoms in total. The van der Waals surface area contributed by atoms with E-state index in [2.05, 4.69) is 0 Å². The highest BCUT2D eigenvalue weighted by atomic mass is 16.6. The zero-order valence-electron chi connectivity index (χ0n) is 12.7. The van der Waals surface area contributed by atoms with Gasteiger partial charge in [0.1, 0.15) is 5.60 Å². The maximum atomic E-state index is 11.1. The van der Waals surface area contributed by atoms with Crippen LogP contribution in [0.25, 0.3) is 0 Å². The molecule has 21 heavy (non-hydrogen) atoms. The average Bonchev–Trinajstić information content (AvgIpc) is 2.36. The standard InChI is InChI=1S/C15H22N2O4/c1-15(2,3)21-14-9-11(6-7-13(14)17(19)20)16-8-4-5-12(18)10-16/h6-7,9,12,18H,4-5,8,10H2,1-3H3. The van der Waals surface area contributed by atoms with Gasteiger partial charge in [-0.15, -0.1) is 0 Å². The molecule has 1 saturated heterocycles. The van der Waals surface area contributed by atoms with E-state index >= 15 is 0 Å². The number of aliphatic hydroxyl groups is 1. The number of rotatable bonds is 3. The van der Waals surface area contributed by atoms with Crippen molar-refractivity contribution in [2.24, 2.45) is 0 Å². The zero-order valence-corrected chi connectivity index (χ0v) is 12.7. The average molecular weight is 294 g/mol. The van der Waals surface area contributed by atoms with E-state index in [0.29, 0.717) is 6.54 Å². The minimum Gasteiger partial charge on any atom is -0.481 e. The second-order valence-electron chi connectivity index (χ2n) is 6.37. The van der Waals surface area contributed by atoms with Crippen LogP contribution < -0.4 is 9.64 Å². The van der Waals surface area contributed by atoms with E-state index in [9.17, 15) is 15.2 Å². The van der Waals surface area contributed by atoms with Gasteiger partial charge in [-0.2, -0.15) is 0 Å². The molecule has 0 spiro atoms. The fraction of sp³-hybridized carbons (Fsp3) is 0.600. The molecule has 1 heterocycles. The Balaban J connectivity index is 2.32. The Hall–Kier alpha value is -1.82. The summed E-state index contributed by atoms with van der Waals surface area (Å²) in [5.74, 6) is 0.269. The molecule has 0 amide bonds. The van der Waals surface area contributed by atoms with Crippen LogP contribution in [-0.4, -0.2) is 34.8 Å². The molecule has 0 saturated carbocycles. The van der Waals surface area contributed by atoms with Crippen LogP contribution in [0.5, 0.6) is 5.75 Å². The number of nitrogens with zero attached hydrogens (tertiary/aromatic N) is 2. The van der Waals surface area contributed by atoms with Gasteiger partial charge in [0.15, 0.2) is 5.75 Å². The molecule has 2 rings (SSSR count). The van der Waals surface area contributed by atoms with Crippen LogP contribution in [0.2, 0.25) is 0 Å². The summed E-state index contributed by atoms with van der Waals surface area (Å²) in [6, 6.07) is 4.88. The first-order valence-corrected chi connectivity index (χ1v) is 7.17. The lowest BCUT2D eigenvalue weighted by Gasteiger charge is -2.32. The molecule has 1 aliphatic heterocycles. The fourth-order valence-corrected chi connectivity index (χ4v) is 2.45. The van der Waals surface area contributed by atoms with Crippen molar-refractivity contribution in [1.29, 1.82) is 0 Å². The van der Waals surface area contributed by atoms with E-state index in [1.54, 1.807) is 12.1 Å². The molecular formula is C15H22N2O4. The van der Waals surface area contributed by atoms with Crippen LogP contribution in [0, 0.1) is 10.1 Å². The molecule has 1 N–H and O–H groups in total. The molecule has 1 aromatic rings. The number of piperidine rings is 1. The molecule has 0 bridgehead atoms. The van der Waals surface area contributed by atoms with Crippen molar-refractivity contribution >= 4 is 11.4 Å². The highest BCUT2D eigenvalue weighted by Gasteiger charge is 2.24. The second kappa shape index (κ2) is 5.89. The Labute approximate surface area is 124 Å². The third kappa shape index (κ3) is 4.07. The number of ether oxygens (including phenoxy) is 1. The van der Waals surface area contributed by atoms with Crippen molar-refractivity contribution in [3.05, 3.63) is 28.3 Å². The highest BCUT2D eigenvalue weighted by Crippen LogP contribution is 2.34. The van der Waals surface area contributed by atoms with Gasteiger partial charge in [-0.3, -0.25) is 10.1 Å². The van der Waals surface area contributed by atoms with E-state index < -0.39 is 10.5 Å². The van der Waals surface area contributed by atoms with Crippen LogP contribution in [-0.2, 0) is 0 Å². The number of nitro benzene ring substituents is 1. The third-order valence-corrected chi connectivity index (χ3v) is 3.32. The lowest BCUT2D eigenvalue weighted by Crippen LogP contribution is -2.38. The Morgan fingerprint density at radius 3 is 2.71 bits per heavy atom. The summed E-state index contributed by atoms with van der Waals surface area (Å²) in [7, 11) is 0. The van der Waals surface area contributed by atoms with E-state index in [4.69, 9.17) is 4.74 Å². The van der Waals surface area contributed by atoms with E-state index in [1.165, 1.54) is 6.07 Å². The van der Waals surface area contributed by atoms with Crippen LogP contribution in [0.1, 0.15) is 33.6 Å². The smallest absolute Gasteiger partial charge is 0.311 e. The van der Waals surface area contributed by atoms with Crippen LogP contribution >= 0.6 is 0 Å². The molecule has 0 aromatic heterocycles. The normalized spacial score (nSPS) is 19.4. The van der Waals surface area contributed by atoms with Gasteiger partial charge >= 0.3 is 5.69 Å². The van der Waals surface area contributed by atoms with Gasteiger partial charge in [0, 0.05) is 30.9 Å². The molecular weight excluding hydrogens is 272 g/mol. The van der Waals surface area contributed by atoms with Gasteiger partial charge in [-0.05, 0) is 39.7 Å². The predicted molar refractivity (Wildman–Crippen MR) is 80.9 cm³/mol. The van der Waals surface area contributed by atoms with E-state index in [0.717, 1.165) is 25.1 Å². The highest BCUT2D eigenvalue weighted by molar-refractivity contribution is 5.59. The molecule has 0 radical (unpaired) electrons. The topological polar surface area (TPSA) is 75.8 Å². The van der Waals surface area contributed by atoms with Crippen molar-refractivity contribution in [2.45, 2.75) is 45.3 Å². The summed E-state index contributed by atoms with van der Waals surface area (Å²) in [6.07, 6.45) is 1.36. The lowest BCUT2D eigenvalue weighted by atomic mass is 10.1. The number of β-amino-alcohol motifs (C(OH)–C–C–N with tert-alkyl or cyclic N) is 1. The summed E-state index contributed by atoms with van der Waals surface area (Å²) in [4.78, 5) is 12.7. The number of hydrogen-bond acceptors (Lipinski definition) is 5. The SMILES string of the molecule is CC(C)(C)Oc1cc(N2CCCC(O)C2)ccc1[N+](=O)[O-]. The first kappa shape index (κ1) is 15.6. The largest absolute Gasteiger partial charge is 0.481 e. The number of benzene rings is 1. The molecule has 6 heteroatoms. The molecule has 1 unspecified atom stereocenters. The summed E-state index contributed by atoms with van der Waals surface area (Å²) in [5, 5.41) is 20.9.